The van der Waals surface area contributed by atoms with Crippen molar-refractivity contribution in [1.29, 1.82) is 0 Å². The van der Waals surface area contributed by atoms with Crippen LogP contribution in [0.5, 0.6) is 5.75 Å². The molecule has 0 bridgehead atoms. The standard InChI is InChI=1S/C16H26N2O2/c1-4-14(5-2)18-16(19)12-17-11-13-8-7-9-15(10-13)20-6-3/h7-10,14,17H,4-6,11-12H2,1-3H3,(H,18,19). The fourth-order valence-corrected chi connectivity index (χ4v) is 2.00. The van der Waals surface area contributed by atoms with E-state index in [2.05, 4.69) is 24.5 Å². The summed E-state index contributed by atoms with van der Waals surface area (Å²) in [5.41, 5.74) is 1.12. The molecule has 0 spiro atoms. The lowest BCUT2D eigenvalue weighted by Crippen LogP contribution is -2.39. The zero-order chi connectivity index (χ0) is 14.8. The Bertz CT molecular complexity index is 403. The molecule has 0 aliphatic heterocycles. The Morgan fingerprint density at radius 2 is 2.00 bits per heavy atom. The maximum atomic E-state index is 11.7. The van der Waals surface area contributed by atoms with Gasteiger partial charge in [0, 0.05) is 12.6 Å². The van der Waals surface area contributed by atoms with Crippen LogP contribution in [0.4, 0.5) is 0 Å². The van der Waals surface area contributed by atoms with Gasteiger partial charge in [0.25, 0.3) is 0 Å². The number of rotatable bonds is 9. The Balaban J connectivity index is 2.33. The van der Waals surface area contributed by atoms with Gasteiger partial charge in [-0.3, -0.25) is 4.79 Å². The zero-order valence-electron chi connectivity index (χ0n) is 12.7. The Morgan fingerprint density at radius 1 is 1.25 bits per heavy atom. The SMILES string of the molecule is CCOc1cccc(CNCC(=O)NC(CC)CC)c1. The van der Waals surface area contributed by atoms with Crippen LogP contribution in [0, 0.1) is 0 Å². The van der Waals surface area contributed by atoms with E-state index < -0.39 is 0 Å². The lowest BCUT2D eigenvalue weighted by Gasteiger charge is -2.15. The van der Waals surface area contributed by atoms with Crippen LogP contribution >= 0.6 is 0 Å². The van der Waals surface area contributed by atoms with E-state index in [9.17, 15) is 4.79 Å². The average Bonchev–Trinajstić information content (AvgIpc) is 2.45. The third-order valence-corrected chi connectivity index (χ3v) is 3.17. The number of carbonyl (C=O) groups is 1. The second kappa shape index (κ2) is 9.37. The largest absolute Gasteiger partial charge is 0.494 e. The van der Waals surface area contributed by atoms with Gasteiger partial charge in [-0.05, 0) is 37.5 Å². The van der Waals surface area contributed by atoms with Crippen molar-refractivity contribution >= 4 is 5.91 Å². The summed E-state index contributed by atoms with van der Waals surface area (Å²) in [4.78, 5) is 11.7. The Labute approximate surface area is 121 Å². The van der Waals surface area contributed by atoms with E-state index in [4.69, 9.17) is 4.74 Å². The van der Waals surface area contributed by atoms with Gasteiger partial charge in [-0.25, -0.2) is 0 Å². The van der Waals surface area contributed by atoms with Crippen molar-refractivity contribution in [2.45, 2.75) is 46.2 Å². The number of benzene rings is 1. The Hall–Kier alpha value is -1.55. The van der Waals surface area contributed by atoms with E-state index >= 15 is 0 Å². The van der Waals surface area contributed by atoms with Crippen LogP contribution in [-0.4, -0.2) is 25.1 Å². The predicted molar refractivity (Wildman–Crippen MR) is 81.8 cm³/mol. The Morgan fingerprint density at radius 3 is 2.65 bits per heavy atom. The first-order valence-corrected chi connectivity index (χ1v) is 7.41. The first-order chi connectivity index (χ1) is 9.69. The molecular weight excluding hydrogens is 252 g/mol. The second-order valence-corrected chi connectivity index (χ2v) is 4.76. The van der Waals surface area contributed by atoms with Crippen LogP contribution in [0.2, 0.25) is 0 Å². The highest BCUT2D eigenvalue weighted by atomic mass is 16.5. The van der Waals surface area contributed by atoms with Crippen molar-refractivity contribution in [3.05, 3.63) is 29.8 Å². The van der Waals surface area contributed by atoms with E-state index in [0.717, 1.165) is 24.2 Å². The molecule has 2 N–H and O–H groups in total. The number of nitrogens with one attached hydrogen (secondary N) is 2. The van der Waals surface area contributed by atoms with Crippen LogP contribution in [0.1, 0.15) is 39.2 Å². The molecule has 0 saturated carbocycles. The highest BCUT2D eigenvalue weighted by molar-refractivity contribution is 5.78. The predicted octanol–water partition coefficient (Wildman–Crippen LogP) is 2.48. The maximum absolute atomic E-state index is 11.7. The van der Waals surface area contributed by atoms with Gasteiger partial charge < -0.3 is 15.4 Å². The quantitative estimate of drug-likeness (QED) is 0.729. The van der Waals surface area contributed by atoms with E-state index in [1.165, 1.54) is 0 Å². The van der Waals surface area contributed by atoms with Gasteiger partial charge in [0.05, 0.1) is 13.2 Å². The molecule has 1 amide bonds. The van der Waals surface area contributed by atoms with Crippen LogP contribution in [-0.2, 0) is 11.3 Å². The normalized spacial score (nSPS) is 10.6. The van der Waals surface area contributed by atoms with Crippen molar-refractivity contribution in [3.8, 4) is 5.75 Å². The minimum Gasteiger partial charge on any atom is -0.494 e. The summed E-state index contributed by atoms with van der Waals surface area (Å²) >= 11 is 0. The molecule has 0 heterocycles. The summed E-state index contributed by atoms with van der Waals surface area (Å²) in [6, 6.07) is 8.20. The minimum absolute atomic E-state index is 0.0552. The van der Waals surface area contributed by atoms with Gasteiger partial charge in [0.2, 0.25) is 5.91 Å². The summed E-state index contributed by atoms with van der Waals surface area (Å²) in [5.74, 6) is 0.924. The van der Waals surface area contributed by atoms with Crippen molar-refractivity contribution in [1.82, 2.24) is 10.6 Å². The third-order valence-electron chi connectivity index (χ3n) is 3.17. The molecule has 4 nitrogen and oxygen atoms in total. The van der Waals surface area contributed by atoms with Crippen LogP contribution < -0.4 is 15.4 Å². The van der Waals surface area contributed by atoms with Gasteiger partial charge >= 0.3 is 0 Å². The molecular formula is C16H26N2O2. The molecule has 0 radical (unpaired) electrons. The summed E-state index contributed by atoms with van der Waals surface area (Å²) < 4.78 is 5.45. The summed E-state index contributed by atoms with van der Waals surface area (Å²) in [5, 5.41) is 6.16. The minimum atomic E-state index is 0.0552. The molecule has 1 aromatic rings. The van der Waals surface area contributed by atoms with Gasteiger partial charge in [-0.15, -0.1) is 0 Å². The maximum Gasteiger partial charge on any atom is 0.234 e. The van der Waals surface area contributed by atoms with Gasteiger partial charge in [-0.2, -0.15) is 0 Å². The van der Waals surface area contributed by atoms with Crippen LogP contribution in [0.15, 0.2) is 24.3 Å². The monoisotopic (exact) mass is 278 g/mol. The molecule has 0 atom stereocenters. The number of amides is 1. The van der Waals surface area contributed by atoms with Crippen molar-refractivity contribution in [2.75, 3.05) is 13.2 Å². The van der Waals surface area contributed by atoms with E-state index in [1.807, 2.05) is 31.2 Å². The number of ether oxygens (including phenoxy) is 1. The van der Waals surface area contributed by atoms with Gasteiger partial charge in [0.15, 0.2) is 0 Å². The molecule has 4 heteroatoms. The highest BCUT2D eigenvalue weighted by Crippen LogP contribution is 2.12. The summed E-state index contributed by atoms with van der Waals surface area (Å²) in [6.07, 6.45) is 1.94. The summed E-state index contributed by atoms with van der Waals surface area (Å²) in [7, 11) is 0. The first-order valence-electron chi connectivity index (χ1n) is 7.41. The molecule has 0 aromatic heterocycles. The molecule has 0 saturated heterocycles. The molecule has 112 valence electrons. The smallest absolute Gasteiger partial charge is 0.234 e. The molecule has 0 fully saturated rings. The number of carbonyl (C=O) groups excluding carboxylic acids is 1. The fraction of sp³-hybridized carbons (Fsp3) is 0.562. The van der Waals surface area contributed by atoms with Gasteiger partial charge in [-0.1, -0.05) is 26.0 Å². The Kier molecular flexibility index (Phi) is 7.73. The lowest BCUT2D eigenvalue weighted by atomic mass is 10.2. The average molecular weight is 278 g/mol. The van der Waals surface area contributed by atoms with Crippen LogP contribution in [0.3, 0.4) is 0 Å². The van der Waals surface area contributed by atoms with E-state index in [-0.39, 0.29) is 11.9 Å². The second-order valence-electron chi connectivity index (χ2n) is 4.76. The fourth-order valence-electron chi connectivity index (χ4n) is 2.00. The highest BCUT2D eigenvalue weighted by Gasteiger charge is 2.07. The molecule has 0 unspecified atom stereocenters. The zero-order valence-corrected chi connectivity index (χ0v) is 12.7. The lowest BCUT2D eigenvalue weighted by molar-refractivity contribution is -0.121. The summed E-state index contributed by atoms with van der Waals surface area (Å²) in [6.45, 7) is 7.80. The van der Waals surface area contributed by atoms with Crippen molar-refractivity contribution < 1.29 is 9.53 Å². The van der Waals surface area contributed by atoms with E-state index in [0.29, 0.717) is 19.7 Å². The van der Waals surface area contributed by atoms with E-state index in [1.54, 1.807) is 0 Å². The van der Waals surface area contributed by atoms with Crippen molar-refractivity contribution in [3.63, 3.8) is 0 Å². The van der Waals surface area contributed by atoms with Crippen molar-refractivity contribution in [2.24, 2.45) is 0 Å². The molecule has 0 aliphatic carbocycles. The van der Waals surface area contributed by atoms with Gasteiger partial charge in [0.1, 0.15) is 5.75 Å². The first kappa shape index (κ1) is 16.5. The molecule has 1 rings (SSSR count). The topological polar surface area (TPSA) is 50.4 Å². The third kappa shape index (κ3) is 6.06. The molecule has 20 heavy (non-hydrogen) atoms. The van der Waals surface area contributed by atoms with Crippen LogP contribution in [0.25, 0.3) is 0 Å². The molecule has 1 aromatic carbocycles. The molecule has 0 aliphatic rings. The number of hydrogen-bond acceptors (Lipinski definition) is 3. The number of hydrogen-bond donors (Lipinski definition) is 2.